The maximum absolute atomic E-state index is 12.7. The number of benzene rings is 1. The third kappa shape index (κ3) is 2.85. The van der Waals surface area contributed by atoms with Crippen LogP contribution in [0.25, 0.3) is 0 Å². The Labute approximate surface area is 125 Å². The van der Waals surface area contributed by atoms with E-state index in [9.17, 15) is 18.6 Å². The first-order chi connectivity index (χ1) is 9.81. The van der Waals surface area contributed by atoms with Gasteiger partial charge in [-0.15, -0.1) is 0 Å². The molecular weight excluding hydrogens is 290 g/mol. The number of β-amino-alcohol motifs (C(OH)–C–C–N with tert-alkyl or cyclic N) is 2. The number of aryl methyl sites for hydroxylation is 1. The first kappa shape index (κ1) is 15.0. The molecule has 2 unspecified atom stereocenters. The lowest BCUT2D eigenvalue weighted by Crippen LogP contribution is -2.56. The van der Waals surface area contributed by atoms with Crippen molar-refractivity contribution in [1.82, 2.24) is 4.31 Å². The normalized spacial score (nSPS) is 31.3. The average molecular weight is 311 g/mol. The standard InChI is InChI=1S/C15H21NO4S/c1-11-2-6-14(7-3-11)21(19,20)16-9-13(17)8-15(18,10-16)12-4-5-12/h2-3,6-7,12-13,17-18H,4-5,8-10H2,1H3. The summed E-state index contributed by atoms with van der Waals surface area (Å²) in [5.41, 5.74) is -0.0998. The van der Waals surface area contributed by atoms with E-state index in [1.54, 1.807) is 24.3 Å². The third-order valence-electron chi connectivity index (χ3n) is 4.45. The van der Waals surface area contributed by atoms with E-state index in [1.165, 1.54) is 4.31 Å². The molecule has 116 valence electrons. The van der Waals surface area contributed by atoms with Crippen molar-refractivity contribution in [2.75, 3.05) is 13.1 Å². The van der Waals surface area contributed by atoms with Gasteiger partial charge in [-0.2, -0.15) is 4.31 Å². The minimum atomic E-state index is -3.68. The van der Waals surface area contributed by atoms with Crippen molar-refractivity contribution in [2.24, 2.45) is 5.92 Å². The molecule has 5 nitrogen and oxygen atoms in total. The number of nitrogens with zero attached hydrogens (tertiary/aromatic N) is 1. The lowest BCUT2D eigenvalue weighted by molar-refractivity contribution is -0.0721. The molecule has 0 aromatic heterocycles. The van der Waals surface area contributed by atoms with E-state index in [4.69, 9.17) is 0 Å². The molecule has 2 atom stereocenters. The van der Waals surface area contributed by atoms with Gasteiger partial charge in [-0.05, 0) is 37.8 Å². The maximum atomic E-state index is 12.7. The fourth-order valence-corrected chi connectivity index (χ4v) is 4.64. The molecule has 2 aliphatic rings. The maximum Gasteiger partial charge on any atom is 0.243 e. The van der Waals surface area contributed by atoms with Crippen molar-refractivity contribution < 1.29 is 18.6 Å². The topological polar surface area (TPSA) is 77.8 Å². The minimum Gasteiger partial charge on any atom is -0.392 e. The summed E-state index contributed by atoms with van der Waals surface area (Å²) in [4.78, 5) is 0.209. The molecule has 1 saturated heterocycles. The van der Waals surface area contributed by atoms with Crippen molar-refractivity contribution in [1.29, 1.82) is 0 Å². The van der Waals surface area contributed by atoms with Crippen LogP contribution in [0.3, 0.4) is 0 Å². The molecule has 6 heteroatoms. The highest BCUT2D eigenvalue weighted by atomic mass is 32.2. The molecule has 3 rings (SSSR count). The van der Waals surface area contributed by atoms with Gasteiger partial charge in [0.15, 0.2) is 0 Å². The van der Waals surface area contributed by atoms with Gasteiger partial charge in [-0.25, -0.2) is 8.42 Å². The molecule has 1 aliphatic heterocycles. The highest BCUT2D eigenvalue weighted by Gasteiger charge is 2.50. The molecule has 0 radical (unpaired) electrons. The van der Waals surface area contributed by atoms with Gasteiger partial charge in [-0.1, -0.05) is 17.7 Å². The van der Waals surface area contributed by atoms with Crippen molar-refractivity contribution in [2.45, 2.75) is 42.8 Å². The molecule has 0 amide bonds. The monoisotopic (exact) mass is 311 g/mol. The summed E-state index contributed by atoms with van der Waals surface area (Å²) in [7, 11) is -3.68. The second-order valence-electron chi connectivity index (χ2n) is 6.35. The van der Waals surface area contributed by atoms with Crippen molar-refractivity contribution >= 4 is 10.0 Å². The molecule has 0 spiro atoms. The first-order valence-electron chi connectivity index (χ1n) is 7.28. The van der Waals surface area contributed by atoms with Crippen molar-refractivity contribution in [3.8, 4) is 0 Å². The van der Waals surface area contributed by atoms with Crippen LogP contribution >= 0.6 is 0 Å². The summed E-state index contributed by atoms with van der Waals surface area (Å²) in [5, 5.41) is 20.6. The first-order valence-corrected chi connectivity index (χ1v) is 8.72. The summed E-state index contributed by atoms with van der Waals surface area (Å²) in [5.74, 6) is 0.114. The Morgan fingerprint density at radius 2 is 1.86 bits per heavy atom. The average Bonchev–Trinajstić information content (AvgIpc) is 3.22. The lowest BCUT2D eigenvalue weighted by atomic mass is 9.88. The SMILES string of the molecule is Cc1ccc(S(=O)(=O)N2CC(O)CC(O)(C3CC3)C2)cc1. The zero-order valence-corrected chi connectivity index (χ0v) is 12.9. The number of rotatable bonds is 3. The summed E-state index contributed by atoms with van der Waals surface area (Å²) in [6.45, 7) is 2.02. The van der Waals surface area contributed by atoms with Gasteiger partial charge >= 0.3 is 0 Å². The van der Waals surface area contributed by atoms with Gasteiger partial charge < -0.3 is 10.2 Å². The van der Waals surface area contributed by atoms with E-state index in [0.29, 0.717) is 0 Å². The molecule has 2 N–H and O–H groups in total. The van der Waals surface area contributed by atoms with E-state index < -0.39 is 21.7 Å². The summed E-state index contributed by atoms with van der Waals surface area (Å²) in [6.07, 6.45) is 1.26. The smallest absolute Gasteiger partial charge is 0.243 e. The van der Waals surface area contributed by atoms with Crippen LogP contribution in [0.1, 0.15) is 24.8 Å². The second-order valence-corrected chi connectivity index (χ2v) is 8.28. The lowest BCUT2D eigenvalue weighted by Gasteiger charge is -2.41. The number of aliphatic hydroxyl groups excluding tert-OH is 1. The largest absolute Gasteiger partial charge is 0.392 e. The van der Waals surface area contributed by atoms with E-state index in [0.717, 1.165) is 18.4 Å². The van der Waals surface area contributed by atoms with Crippen LogP contribution in [0.2, 0.25) is 0 Å². The van der Waals surface area contributed by atoms with E-state index >= 15 is 0 Å². The second kappa shape index (κ2) is 5.05. The number of sulfonamides is 1. The van der Waals surface area contributed by atoms with Crippen LogP contribution in [0.4, 0.5) is 0 Å². The Balaban J connectivity index is 1.89. The van der Waals surface area contributed by atoms with Crippen LogP contribution in [-0.2, 0) is 10.0 Å². The number of hydrogen-bond acceptors (Lipinski definition) is 4. The Bertz CT molecular complexity index is 624. The predicted octanol–water partition coefficient (Wildman–Crippen LogP) is 0.891. The van der Waals surface area contributed by atoms with Crippen molar-refractivity contribution in [3.63, 3.8) is 0 Å². The highest BCUT2D eigenvalue weighted by Crippen LogP contribution is 2.44. The fraction of sp³-hybridized carbons (Fsp3) is 0.600. The summed E-state index contributed by atoms with van der Waals surface area (Å²) >= 11 is 0. The Morgan fingerprint density at radius 3 is 2.43 bits per heavy atom. The van der Waals surface area contributed by atoms with Gasteiger partial charge in [0.05, 0.1) is 16.6 Å². The molecule has 2 fully saturated rings. The van der Waals surface area contributed by atoms with Gasteiger partial charge in [0.25, 0.3) is 0 Å². The van der Waals surface area contributed by atoms with Crippen LogP contribution in [0, 0.1) is 12.8 Å². The number of aliphatic hydroxyl groups is 2. The van der Waals surface area contributed by atoms with Crippen molar-refractivity contribution in [3.05, 3.63) is 29.8 Å². The molecule has 1 saturated carbocycles. The molecule has 1 aromatic carbocycles. The van der Waals surface area contributed by atoms with Crippen LogP contribution in [0.5, 0.6) is 0 Å². The molecular formula is C15H21NO4S. The van der Waals surface area contributed by atoms with E-state index in [-0.39, 0.29) is 30.3 Å². The van der Waals surface area contributed by atoms with Crippen LogP contribution in [-0.4, -0.2) is 47.7 Å². The Morgan fingerprint density at radius 1 is 1.24 bits per heavy atom. The minimum absolute atomic E-state index is 0.0469. The predicted molar refractivity (Wildman–Crippen MR) is 78.2 cm³/mol. The Kier molecular flexibility index (Phi) is 3.60. The third-order valence-corrected chi connectivity index (χ3v) is 6.28. The van der Waals surface area contributed by atoms with Crippen LogP contribution in [0.15, 0.2) is 29.2 Å². The molecule has 21 heavy (non-hydrogen) atoms. The summed E-state index contributed by atoms with van der Waals surface area (Å²) in [6, 6.07) is 6.64. The Hall–Kier alpha value is -0.950. The molecule has 1 aliphatic carbocycles. The molecule has 0 bridgehead atoms. The molecule has 1 heterocycles. The quantitative estimate of drug-likeness (QED) is 0.869. The number of hydrogen-bond donors (Lipinski definition) is 2. The van der Waals surface area contributed by atoms with Crippen LogP contribution < -0.4 is 0 Å². The van der Waals surface area contributed by atoms with Gasteiger partial charge in [0.1, 0.15) is 0 Å². The zero-order valence-electron chi connectivity index (χ0n) is 12.1. The zero-order chi connectivity index (χ0) is 15.3. The molecule has 1 aromatic rings. The summed E-state index contributed by atoms with van der Waals surface area (Å²) < 4.78 is 26.6. The highest BCUT2D eigenvalue weighted by molar-refractivity contribution is 7.89. The van der Waals surface area contributed by atoms with Gasteiger partial charge in [0, 0.05) is 19.5 Å². The van der Waals surface area contributed by atoms with Gasteiger partial charge in [-0.3, -0.25) is 0 Å². The van der Waals surface area contributed by atoms with E-state index in [1.807, 2.05) is 6.92 Å². The number of piperidine rings is 1. The van der Waals surface area contributed by atoms with E-state index in [2.05, 4.69) is 0 Å². The fourth-order valence-electron chi connectivity index (χ4n) is 3.10. The van der Waals surface area contributed by atoms with Gasteiger partial charge in [0.2, 0.25) is 10.0 Å².